The summed E-state index contributed by atoms with van der Waals surface area (Å²) in [6.07, 6.45) is -2.66. The minimum absolute atomic E-state index is 0.610. The summed E-state index contributed by atoms with van der Waals surface area (Å²) in [5, 5.41) is 65.1. The van der Waals surface area contributed by atoms with Crippen LogP contribution < -0.4 is 0 Å². The Morgan fingerprint density at radius 1 is 0.875 bits per heavy atom. The summed E-state index contributed by atoms with van der Waals surface area (Å²) in [5.74, 6) is -7.07. The molecule has 0 spiro atoms. The van der Waals surface area contributed by atoms with Gasteiger partial charge in [-0.25, -0.2) is 19.2 Å². The van der Waals surface area contributed by atoms with Gasteiger partial charge in [0.1, 0.15) is 0 Å². The quantitative estimate of drug-likeness (QED) is 0.210. The van der Waals surface area contributed by atoms with E-state index in [1.807, 2.05) is 18.5 Å². The van der Waals surface area contributed by atoms with Gasteiger partial charge in [0.15, 0.2) is 24.4 Å². The van der Waals surface area contributed by atoms with Crippen molar-refractivity contribution in [2.75, 3.05) is 13.6 Å². The largest absolute Gasteiger partial charge is 0.479 e. The van der Waals surface area contributed by atoms with Crippen molar-refractivity contribution in [3.05, 3.63) is 30.1 Å². The number of aliphatic hydroxyl groups is 4. The summed E-state index contributed by atoms with van der Waals surface area (Å²) in [4.78, 5) is 45.6. The Morgan fingerprint density at radius 2 is 1.28 bits per heavy atom. The first-order valence-electron chi connectivity index (χ1n) is 9.04. The maximum atomic E-state index is 9.77. The molecule has 0 unspecified atom stereocenters. The molecular formula is C18H26N2O12. The number of carboxylic acid groups (broad SMARTS) is 4. The number of pyridine rings is 1. The molecule has 1 aromatic heterocycles. The number of hydrogen-bond acceptors (Lipinski definition) is 10. The lowest BCUT2D eigenvalue weighted by Gasteiger charge is -2.18. The van der Waals surface area contributed by atoms with Crippen molar-refractivity contribution in [2.24, 2.45) is 0 Å². The first-order chi connectivity index (χ1) is 14.8. The first-order valence-corrected chi connectivity index (χ1v) is 9.04. The SMILES string of the molecule is CN1CCC[C@@H]1c1cccnc1.O=C(O)[C@@H](O)[C@H](O)C(=O)O.O=C(O)[C@@H](O)[C@H](O)C(=O)O. The van der Waals surface area contributed by atoms with Crippen molar-refractivity contribution in [1.82, 2.24) is 9.88 Å². The number of rotatable bonds is 7. The second kappa shape index (κ2) is 14.0. The molecule has 0 aromatic carbocycles. The molecule has 14 heteroatoms. The molecule has 0 radical (unpaired) electrons. The van der Waals surface area contributed by atoms with E-state index in [1.54, 1.807) is 0 Å². The molecule has 1 fully saturated rings. The van der Waals surface area contributed by atoms with Crippen molar-refractivity contribution in [1.29, 1.82) is 0 Å². The van der Waals surface area contributed by atoms with E-state index in [0.717, 1.165) is 0 Å². The summed E-state index contributed by atoms with van der Waals surface area (Å²) in [6, 6.07) is 4.79. The van der Waals surface area contributed by atoms with Crippen LogP contribution in [0.15, 0.2) is 24.5 Å². The van der Waals surface area contributed by atoms with Crippen molar-refractivity contribution in [2.45, 2.75) is 43.3 Å². The van der Waals surface area contributed by atoms with Crippen LogP contribution in [0.5, 0.6) is 0 Å². The Labute approximate surface area is 181 Å². The van der Waals surface area contributed by atoms with E-state index in [9.17, 15) is 19.2 Å². The van der Waals surface area contributed by atoms with Gasteiger partial charge in [-0.05, 0) is 38.1 Å². The molecule has 14 nitrogen and oxygen atoms in total. The molecular weight excluding hydrogens is 436 g/mol. The zero-order chi connectivity index (χ0) is 25.0. The summed E-state index contributed by atoms with van der Waals surface area (Å²) in [5.41, 5.74) is 1.36. The fourth-order valence-electron chi connectivity index (χ4n) is 2.44. The molecule has 1 aliphatic rings. The molecule has 0 aliphatic carbocycles. The Morgan fingerprint density at radius 3 is 1.53 bits per heavy atom. The van der Waals surface area contributed by atoms with Gasteiger partial charge in [0.2, 0.25) is 0 Å². The average Bonchev–Trinajstić information content (AvgIpc) is 3.18. The number of aliphatic carboxylic acids is 4. The highest BCUT2D eigenvalue weighted by Crippen LogP contribution is 2.29. The van der Waals surface area contributed by atoms with Gasteiger partial charge in [-0.15, -0.1) is 0 Å². The number of likely N-dealkylation sites (tertiary alicyclic amines) is 1. The molecule has 32 heavy (non-hydrogen) atoms. The zero-order valence-corrected chi connectivity index (χ0v) is 16.9. The highest BCUT2D eigenvalue weighted by atomic mass is 16.4. The van der Waals surface area contributed by atoms with Crippen molar-refractivity contribution in [3.8, 4) is 0 Å². The molecule has 8 N–H and O–H groups in total. The van der Waals surface area contributed by atoms with Crippen LogP contribution in [0, 0.1) is 0 Å². The Kier molecular flexibility index (Phi) is 12.6. The van der Waals surface area contributed by atoms with Crippen LogP contribution in [-0.2, 0) is 19.2 Å². The van der Waals surface area contributed by atoms with E-state index >= 15 is 0 Å². The molecule has 1 aliphatic heterocycles. The summed E-state index contributed by atoms with van der Waals surface area (Å²) in [6.45, 7) is 1.22. The monoisotopic (exact) mass is 462 g/mol. The summed E-state index contributed by atoms with van der Waals surface area (Å²) < 4.78 is 0. The van der Waals surface area contributed by atoms with Crippen LogP contribution in [-0.4, -0.2) is 113 Å². The molecule has 5 atom stereocenters. The van der Waals surface area contributed by atoms with Crippen molar-refractivity contribution >= 4 is 23.9 Å². The normalized spacial score (nSPS) is 19.1. The lowest BCUT2D eigenvalue weighted by atomic mass is 10.1. The molecule has 1 saturated heterocycles. The minimum atomic E-state index is -2.27. The number of aliphatic hydroxyl groups excluding tert-OH is 4. The van der Waals surface area contributed by atoms with Crippen LogP contribution in [0.2, 0.25) is 0 Å². The number of nitrogens with zero attached hydrogens (tertiary/aromatic N) is 2. The lowest BCUT2D eigenvalue weighted by Crippen LogP contribution is -2.39. The van der Waals surface area contributed by atoms with E-state index in [-0.39, 0.29) is 0 Å². The fraction of sp³-hybridized carbons (Fsp3) is 0.500. The van der Waals surface area contributed by atoms with E-state index in [0.29, 0.717) is 6.04 Å². The van der Waals surface area contributed by atoms with E-state index in [2.05, 4.69) is 23.0 Å². The zero-order valence-electron chi connectivity index (χ0n) is 16.9. The minimum Gasteiger partial charge on any atom is -0.479 e. The van der Waals surface area contributed by atoms with Crippen molar-refractivity contribution < 1.29 is 60.0 Å². The number of aromatic nitrogens is 1. The van der Waals surface area contributed by atoms with Crippen LogP contribution in [0.1, 0.15) is 24.4 Å². The molecule has 0 bridgehead atoms. The summed E-state index contributed by atoms with van der Waals surface area (Å²) in [7, 11) is 2.19. The van der Waals surface area contributed by atoms with E-state index < -0.39 is 48.3 Å². The van der Waals surface area contributed by atoms with Gasteiger partial charge in [0.05, 0.1) is 0 Å². The van der Waals surface area contributed by atoms with E-state index in [1.165, 1.54) is 24.9 Å². The highest BCUT2D eigenvalue weighted by Gasteiger charge is 2.30. The predicted octanol–water partition coefficient (Wildman–Crippen LogP) is -2.40. The second-order valence-electron chi connectivity index (χ2n) is 6.56. The number of hydrogen-bond donors (Lipinski definition) is 8. The van der Waals surface area contributed by atoms with Crippen LogP contribution >= 0.6 is 0 Å². The Hall–Kier alpha value is -3.17. The van der Waals surface area contributed by atoms with Gasteiger partial charge < -0.3 is 40.9 Å². The standard InChI is InChI=1S/C10H14N2.2C4H6O6/c1-12-7-3-5-10(12)9-4-2-6-11-8-9;2*5-1(3(7)8)2(6)4(9)10/h2,4,6,8,10H,3,5,7H2,1H3;2*1-2,5-6H,(H,7,8)(H,9,10)/t10-;2*1-,2-/m100/s1. The molecule has 0 saturated carbocycles. The Bertz CT molecular complexity index is 688. The van der Waals surface area contributed by atoms with Crippen LogP contribution in [0.4, 0.5) is 0 Å². The van der Waals surface area contributed by atoms with Crippen LogP contribution in [0.3, 0.4) is 0 Å². The first kappa shape index (κ1) is 28.8. The highest BCUT2D eigenvalue weighted by molar-refractivity contribution is 5.83. The average molecular weight is 462 g/mol. The third kappa shape index (κ3) is 9.76. The topological polar surface area (TPSA) is 246 Å². The Balaban J connectivity index is 0.000000455. The van der Waals surface area contributed by atoms with E-state index in [4.69, 9.17) is 40.9 Å². The fourth-order valence-corrected chi connectivity index (χ4v) is 2.44. The number of carbonyl (C=O) groups is 4. The second-order valence-corrected chi connectivity index (χ2v) is 6.56. The third-order valence-electron chi connectivity index (χ3n) is 4.20. The number of carboxylic acids is 4. The molecule has 2 rings (SSSR count). The van der Waals surface area contributed by atoms with Crippen LogP contribution in [0.25, 0.3) is 0 Å². The molecule has 180 valence electrons. The van der Waals surface area contributed by atoms with Gasteiger partial charge >= 0.3 is 23.9 Å². The molecule has 2 heterocycles. The smallest absolute Gasteiger partial charge is 0.335 e. The van der Waals surface area contributed by atoms with Gasteiger partial charge in [-0.3, -0.25) is 9.88 Å². The van der Waals surface area contributed by atoms with Gasteiger partial charge in [-0.2, -0.15) is 0 Å². The maximum Gasteiger partial charge on any atom is 0.335 e. The lowest BCUT2D eigenvalue weighted by molar-refractivity contribution is -0.165. The third-order valence-corrected chi connectivity index (χ3v) is 4.20. The maximum absolute atomic E-state index is 9.77. The molecule has 1 aromatic rings. The van der Waals surface area contributed by atoms with Gasteiger partial charge in [-0.1, -0.05) is 6.07 Å². The van der Waals surface area contributed by atoms with Gasteiger partial charge in [0, 0.05) is 18.4 Å². The summed E-state index contributed by atoms with van der Waals surface area (Å²) >= 11 is 0. The van der Waals surface area contributed by atoms with Gasteiger partial charge in [0.25, 0.3) is 0 Å². The van der Waals surface area contributed by atoms with Crippen molar-refractivity contribution in [3.63, 3.8) is 0 Å². The molecule has 0 amide bonds. The predicted molar refractivity (Wildman–Crippen MR) is 103 cm³/mol.